The zero-order chi connectivity index (χ0) is 20.9. The van der Waals surface area contributed by atoms with Gasteiger partial charge in [-0.25, -0.2) is 4.79 Å². The van der Waals surface area contributed by atoms with Crippen molar-refractivity contribution in [1.29, 1.82) is 0 Å². The smallest absolute Gasteiger partial charge is 0.335 e. The van der Waals surface area contributed by atoms with Crippen molar-refractivity contribution < 1.29 is 19.5 Å². The Hall–Kier alpha value is -3.15. The second-order valence-electron chi connectivity index (χ2n) is 7.79. The van der Waals surface area contributed by atoms with Gasteiger partial charge in [0.15, 0.2) is 0 Å². The summed E-state index contributed by atoms with van der Waals surface area (Å²) in [4.78, 5) is 37.0. The minimum atomic E-state index is -0.977. The molecule has 0 aliphatic carbocycles. The number of benzene rings is 2. The van der Waals surface area contributed by atoms with Crippen molar-refractivity contribution in [2.75, 3.05) is 7.05 Å². The monoisotopic (exact) mass is 382 g/mol. The van der Waals surface area contributed by atoms with Crippen LogP contribution in [0.15, 0.2) is 48.5 Å². The Morgan fingerprint density at radius 1 is 0.893 bits per heavy atom. The van der Waals surface area contributed by atoms with Crippen LogP contribution in [0.25, 0.3) is 0 Å². The summed E-state index contributed by atoms with van der Waals surface area (Å²) >= 11 is 0. The molecular formula is C22H26N2O4. The number of nitrogens with one attached hydrogen (secondary N) is 1. The predicted octanol–water partition coefficient (Wildman–Crippen LogP) is 3.32. The van der Waals surface area contributed by atoms with E-state index in [0.717, 1.165) is 11.1 Å². The van der Waals surface area contributed by atoms with E-state index in [1.807, 2.05) is 32.9 Å². The molecule has 2 N–H and O–H groups in total. The Morgan fingerprint density at radius 3 is 1.89 bits per heavy atom. The standard InChI is InChI=1S/C22H26N2O4/c1-22(2,3)21(28)23-13-15-5-9-17(10-6-15)19(25)24(4)14-16-7-11-18(12-8-16)20(26)27/h5-12H,13-14H2,1-4H3,(H,23,28)(H,26,27). The highest BCUT2D eigenvalue weighted by Gasteiger charge is 2.20. The van der Waals surface area contributed by atoms with Crippen LogP contribution >= 0.6 is 0 Å². The fraction of sp³-hybridized carbons (Fsp3) is 0.318. The number of carboxylic acids is 1. The van der Waals surface area contributed by atoms with Gasteiger partial charge in [0.2, 0.25) is 5.91 Å². The number of carboxylic acid groups (broad SMARTS) is 1. The molecule has 0 saturated carbocycles. The van der Waals surface area contributed by atoms with Crippen molar-refractivity contribution in [3.63, 3.8) is 0 Å². The van der Waals surface area contributed by atoms with Crippen LogP contribution in [0, 0.1) is 5.41 Å². The maximum absolute atomic E-state index is 12.6. The van der Waals surface area contributed by atoms with Crippen molar-refractivity contribution in [3.8, 4) is 0 Å². The van der Waals surface area contributed by atoms with E-state index in [1.54, 1.807) is 36.2 Å². The van der Waals surface area contributed by atoms with Gasteiger partial charge in [0.25, 0.3) is 5.91 Å². The number of amides is 2. The van der Waals surface area contributed by atoms with Crippen molar-refractivity contribution >= 4 is 17.8 Å². The number of hydrogen-bond acceptors (Lipinski definition) is 3. The zero-order valence-corrected chi connectivity index (χ0v) is 16.7. The second kappa shape index (κ2) is 8.69. The van der Waals surface area contributed by atoms with Crippen LogP contribution in [0.3, 0.4) is 0 Å². The van der Waals surface area contributed by atoms with Gasteiger partial charge in [-0.15, -0.1) is 0 Å². The molecule has 2 amide bonds. The van der Waals surface area contributed by atoms with Crippen molar-refractivity contribution in [2.24, 2.45) is 5.41 Å². The van der Waals surface area contributed by atoms with Gasteiger partial charge in [-0.3, -0.25) is 9.59 Å². The lowest BCUT2D eigenvalue weighted by Crippen LogP contribution is -2.34. The molecule has 0 saturated heterocycles. The number of carbonyl (C=O) groups excluding carboxylic acids is 2. The lowest BCUT2D eigenvalue weighted by atomic mass is 9.95. The Balaban J connectivity index is 1.96. The van der Waals surface area contributed by atoms with Crippen LogP contribution in [0.1, 0.15) is 52.6 Å². The van der Waals surface area contributed by atoms with E-state index < -0.39 is 11.4 Å². The first-order chi connectivity index (χ1) is 13.1. The van der Waals surface area contributed by atoms with Crippen LogP contribution in [-0.4, -0.2) is 34.8 Å². The van der Waals surface area contributed by atoms with Gasteiger partial charge < -0.3 is 15.3 Å². The summed E-state index contributed by atoms with van der Waals surface area (Å²) in [6.07, 6.45) is 0. The molecule has 148 valence electrons. The average Bonchev–Trinajstić information content (AvgIpc) is 2.65. The summed E-state index contributed by atoms with van der Waals surface area (Å²) in [7, 11) is 1.70. The Morgan fingerprint density at radius 2 is 1.39 bits per heavy atom. The van der Waals surface area contributed by atoms with E-state index in [0.29, 0.717) is 18.7 Å². The molecule has 0 aliphatic rings. The third-order valence-corrected chi connectivity index (χ3v) is 4.30. The van der Waals surface area contributed by atoms with Gasteiger partial charge >= 0.3 is 5.97 Å². The van der Waals surface area contributed by atoms with Crippen molar-refractivity contribution in [3.05, 3.63) is 70.8 Å². The van der Waals surface area contributed by atoms with Crippen molar-refractivity contribution in [1.82, 2.24) is 10.2 Å². The van der Waals surface area contributed by atoms with Gasteiger partial charge in [0.05, 0.1) is 5.56 Å². The third kappa shape index (κ3) is 5.67. The van der Waals surface area contributed by atoms with E-state index in [1.165, 1.54) is 12.1 Å². The van der Waals surface area contributed by atoms with Crippen LogP contribution < -0.4 is 5.32 Å². The molecule has 0 heterocycles. The van der Waals surface area contributed by atoms with Crippen LogP contribution in [0.4, 0.5) is 0 Å². The molecular weight excluding hydrogens is 356 g/mol. The molecule has 0 fully saturated rings. The fourth-order valence-corrected chi connectivity index (χ4v) is 2.53. The quantitative estimate of drug-likeness (QED) is 0.802. The lowest BCUT2D eigenvalue weighted by molar-refractivity contribution is -0.128. The number of carbonyl (C=O) groups is 3. The molecule has 0 spiro atoms. The molecule has 0 aromatic heterocycles. The van der Waals surface area contributed by atoms with Gasteiger partial charge in [-0.1, -0.05) is 45.0 Å². The lowest BCUT2D eigenvalue weighted by Gasteiger charge is -2.19. The Kier molecular flexibility index (Phi) is 6.57. The highest BCUT2D eigenvalue weighted by atomic mass is 16.4. The van der Waals surface area contributed by atoms with E-state index in [-0.39, 0.29) is 17.4 Å². The van der Waals surface area contributed by atoms with Crippen molar-refractivity contribution in [2.45, 2.75) is 33.9 Å². The number of nitrogens with zero attached hydrogens (tertiary/aromatic N) is 1. The summed E-state index contributed by atoms with van der Waals surface area (Å²) < 4.78 is 0. The summed E-state index contributed by atoms with van der Waals surface area (Å²) in [5.41, 5.74) is 2.09. The highest BCUT2D eigenvalue weighted by Crippen LogP contribution is 2.14. The van der Waals surface area contributed by atoms with Gasteiger partial charge in [-0.05, 0) is 35.4 Å². The summed E-state index contributed by atoms with van der Waals surface area (Å²) in [5.74, 6) is -1.14. The Bertz CT molecular complexity index is 850. The molecule has 2 aromatic carbocycles. The SMILES string of the molecule is CN(Cc1ccc(C(=O)O)cc1)C(=O)c1ccc(CNC(=O)C(C)(C)C)cc1. The molecule has 2 aromatic rings. The van der Waals surface area contributed by atoms with Crippen LogP contribution in [-0.2, 0) is 17.9 Å². The minimum Gasteiger partial charge on any atom is -0.478 e. The van der Waals surface area contributed by atoms with Crippen LogP contribution in [0.5, 0.6) is 0 Å². The topological polar surface area (TPSA) is 86.7 Å². The van der Waals surface area contributed by atoms with Gasteiger partial charge in [0, 0.05) is 31.1 Å². The summed E-state index contributed by atoms with van der Waals surface area (Å²) in [6.45, 7) is 6.36. The van der Waals surface area contributed by atoms with Gasteiger partial charge in [-0.2, -0.15) is 0 Å². The maximum Gasteiger partial charge on any atom is 0.335 e. The Labute approximate surface area is 165 Å². The molecule has 28 heavy (non-hydrogen) atoms. The molecule has 0 aliphatic heterocycles. The average molecular weight is 382 g/mol. The van der Waals surface area contributed by atoms with Gasteiger partial charge in [0.1, 0.15) is 0 Å². The first-order valence-corrected chi connectivity index (χ1v) is 9.03. The number of rotatable bonds is 6. The first-order valence-electron chi connectivity index (χ1n) is 9.03. The maximum atomic E-state index is 12.6. The molecule has 0 radical (unpaired) electrons. The predicted molar refractivity (Wildman–Crippen MR) is 107 cm³/mol. The number of aromatic carboxylic acids is 1. The second-order valence-corrected chi connectivity index (χ2v) is 7.79. The first kappa shape index (κ1) is 21.2. The molecule has 6 nitrogen and oxygen atoms in total. The highest BCUT2D eigenvalue weighted by molar-refractivity contribution is 5.94. The molecule has 6 heteroatoms. The zero-order valence-electron chi connectivity index (χ0n) is 16.7. The van der Waals surface area contributed by atoms with E-state index in [9.17, 15) is 14.4 Å². The molecule has 2 rings (SSSR count). The largest absolute Gasteiger partial charge is 0.478 e. The number of hydrogen-bond donors (Lipinski definition) is 2. The normalized spacial score (nSPS) is 11.0. The molecule has 0 unspecified atom stereocenters. The van der Waals surface area contributed by atoms with E-state index >= 15 is 0 Å². The van der Waals surface area contributed by atoms with Crippen LogP contribution in [0.2, 0.25) is 0 Å². The third-order valence-electron chi connectivity index (χ3n) is 4.30. The molecule has 0 bridgehead atoms. The summed E-state index contributed by atoms with van der Waals surface area (Å²) in [5, 5.41) is 11.8. The fourth-order valence-electron chi connectivity index (χ4n) is 2.53. The minimum absolute atomic E-state index is 0.0266. The molecule has 0 atom stereocenters. The van der Waals surface area contributed by atoms with E-state index in [2.05, 4.69) is 5.32 Å². The summed E-state index contributed by atoms with van der Waals surface area (Å²) in [6, 6.07) is 13.6. The van der Waals surface area contributed by atoms with E-state index in [4.69, 9.17) is 5.11 Å².